The van der Waals surface area contributed by atoms with Crippen LogP contribution in [0.25, 0.3) is 0 Å². The second kappa shape index (κ2) is 10.2. The van der Waals surface area contributed by atoms with Crippen molar-refractivity contribution in [3.8, 4) is 0 Å². The molecular weight excluding hydrogens is 190 g/mol. The summed E-state index contributed by atoms with van der Waals surface area (Å²) in [6.07, 6.45) is -0.467. The van der Waals surface area contributed by atoms with Crippen LogP contribution < -0.4 is 5.32 Å². The molecule has 0 aliphatic heterocycles. The van der Waals surface area contributed by atoms with Crippen LogP contribution in [0, 0.1) is 0 Å². The quantitative estimate of drug-likeness (QED) is 0.518. The molecule has 0 spiro atoms. The topological polar surface area (TPSA) is 77.0 Å². The summed E-state index contributed by atoms with van der Waals surface area (Å²) in [4.78, 5) is 10.5. The molecule has 6 heteroatoms. The Kier molecular flexibility index (Phi) is 9.61. The number of alkyl carbamates (subject to hydrolysis) is 1. The van der Waals surface area contributed by atoms with Crippen LogP contribution in [0.4, 0.5) is 4.79 Å². The number of aliphatic hydroxyl groups is 1. The van der Waals surface area contributed by atoms with Crippen molar-refractivity contribution in [3.05, 3.63) is 0 Å². The summed E-state index contributed by atoms with van der Waals surface area (Å²) in [5.74, 6) is 0. The van der Waals surface area contributed by atoms with Crippen LogP contribution in [0.15, 0.2) is 0 Å². The summed E-state index contributed by atoms with van der Waals surface area (Å²) in [6, 6.07) is 0. The van der Waals surface area contributed by atoms with E-state index in [0.717, 1.165) is 0 Å². The van der Waals surface area contributed by atoms with Crippen LogP contribution in [0.5, 0.6) is 0 Å². The van der Waals surface area contributed by atoms with Crippen LogP contribution in [0.2, 0.25) is 0 Å². The van der Waals surface area contributed by atoms with Crippen LogP contribution in [-0.4, -0.2) is 57.9 Å². The van der Waals surface area contributed by atoms with Gasteiger partial charge in [0.1, 0.15) is 6.61 Å². The molecule has 0 saturated heterocycles. The Morgan fingerprint density at radius 2 is 1.71 bits per heavy atom. The van der Waals surface area contributed by atoms with Gasteiger partial charge in [-0.15, -0.1) is 0 Å². The van der Waals surface area contributed by atoms with E-state index in [0.29, 0.717) is 26.4 Å². The number of aliphatic hydroxyl groups excluding tert-OH is 1. The number of nitrogens with one attached hydrogen (secondary N) is 1. The fraction of sp³-hybridized carbons (Fsp3) is 0.875. The third-order valence-corrected chi connectivity index (χ3v) is 1.27. The maximum Gasteiger partial charge on any atom is 0.406 e. The van der Waals surface area contributed by atoms with Crippen molar-refractivity contribution in [1.82, 2.24) is 5.32 Å². The minimum atomic E-state index is -0.467. The summed E-state index contributed by atoms with van der Waals surface area (Å²) in [6.45, 7) is 1.76. The molecule has 0 fully saturated rings. The molecule has 14 heavy (non-hydrogen) atoms. The van der Waals surface area contributed by atoms with Gasteiger partial charge in [0.05, 0.1) is 33.0 Å². The van der Waals surface area contributed by atoms with E-state index in [2.05, 4.69) is 10.1 Å². The Morgan fingerprint density at radius 1 is 1.14 bits per heavy atom. The van der Waals surface area contributed by atoms with E-state index in [4.69, 9.17) is 14.6 Å². The van der Waals surface area contributed by atoms with Crippen molar-refractivity contribution < 1.29 is 24.1 Å². The molecule has 0 saturated carbocycles. The average Bonchev–Trinajstić information content (AvgIpc) is 2.21. The summed E-state index contributed by atoms with van der Waals surface area (Å²) in [5, 5.41) is 10.7. The monoisotopic (exact) mass is 207 g/mol. The molecule has 0 heterocycles. The van der Waals surface area contributed by atoms with Crippen molar-refractivity contribution in [1.29, 1.82) is 0 Å². The Morgan fingerprint density at radius 3 is 2.29 bits per heavy atom. The first-order valence-electron chi connectivity index (χ1n) is 4.42. The Hall–Kier alpha value is -0.850. The zero-order valence-electron chi connectivity index (χ0n) is 8.32. The highest BCUT2D eigenvalue weighted by molar-refractivity contribution is 5.66. The predicted molar refractivity (Wildman–Crippen MR) is 49.1 cm³/mol. The molecule has 0 rings (SSSR count). The Bertz CT molecular complexity index is 142. The van der Waals surface area contributed by atoms with E-state index < -0.39 is 6.09 Å². The maximum absolute atomic E-state index is 10.5. The zero-order chi connectivity index (χ0) is 10.6. The highest BCUT2D eigenvalue weighted by Crippen LogP contribution is 1.81. The lowest BCUT2D eigenvalue weighted by molar-refractivity contribution is 0.0188. The SMILES string of the molecule is CNC(=O)OCCOCCOCCO. The van der Waals surface area contributed by atoms with Crippen LogP contribution in [-0.2, 0) is 14.2 Å². The van der Waals surface area contributed by atoms with Gasteiger partial charge in [0, 0.05) is 7.05 Å². The van der Waals surface area contributed by atoms with Crippen LogP contribution in [0.1, 0.15) is 0 Å². The van der Waals surface area contributed by atoms with E-state index in [1.54, 1.807) is 0 Å². The van der Waals surface area contributed by atoms with E-state index in [1.807, 2.05) is 0 Å². The van der Waals surface area contributed by atoms with Gasteiger partial charge in [-0.25, -0.2) is 4.79 Å². The van der Waals surface area contributed by atoms with E-state index in [9.17, 15) is 4.79 Å². The molecule has 0 aromatic heterocycles. The van der Waals surface area contributed by atoms with Gasteiger partial charge in [-0.05, 0) is 0 Å². The van der Waals surface area contributed by atoms with E-state index in [1.165, 1.54) is 7.05 Å². The summed E-state index contributed by atoms with van der Waals surface area (Å²) in [7, 11) is 1.49. The molecule has 0 bridgehead atoms. The second-order valence-electron chi connectivity index (χ2n) is 2.33. The number of rotatable bonds is 8. The molecule has 84 valence electrons. The molecular formula is C8H17NO5. The molecule has 0 aliphatic rings. The number of carbonyl (C=O) groups is 1. The van der Waals surface area contributed by atoms with Gasteiger partial charge >= 0.3 is 6.09 Å². The van der Waals surface area contributed by atoms with Crippen molar-refractivity contribution in [2.45, 2.75) is 0 Å². The number of hydrogen-bond acceptors (Lipinski definition) is 5. The molecule has 1 amide bonds. The zero-order valence-corrected chi connectivity index (χ0v) is 8.32. The summed E-state index contributed by atoms with van der Waals surface area (Å²) < 4.78 is 14.7. The third kappa shape index (κ3) is 9.24. The van der Waals surface area contributed by atoms with E-state index >= 15 is 0 Å². The minimum Gasteiger partial charge on any atom is -0.447 e. The largest absolute Gasteiger partial charge is 0.447 e. The molecule has 0 aromatic rings. The fourth-order valence-electron chi connectivity index (χ4n) is 0.652. The van der Waals surface area contributed by atoms with E-state index in [-0.39, 0.29) is 13.2 Å². The molecule has 0 aromatic carbocycles. The molecule has 0 atom stereocenters. The normalized spacial score (nSPS) is 9.86. The minimum absolute atomic E-state index is 0.0137. The first-order valence-corrected chi connectivity index (χ1v) is 4.42. The van der Waals surface area contributed by atoms with Crippen LogP contribution >= 0.6 is 0 Å². The van der Waals surface area contributed by atoms with Gasteiger partial charge in [0.25, 0.3) is 0 Å². The smallest absolute Gasteiger partial charge is 0.406 e. The molecule has 0 unspecified atom stereocenters. The molecule has 6 nitrogen and oxygen atoms in total. The number of hydrogen-bond donors (Lipinski definition) is 2. The molecule has 0 radical (unpaired) electrons. The first kappa shape index (κ1) is 13.2. The predicted octanol–water partition coefficient (Wildman–Crippen LogP) is -0.632. The maximum atomic E-state index is 10.5. The number of amides is 1. The van der Waals surface area contributed by atoms with Crippen molar-refractivity contribution in [2.75, 3.05) is 46.7 Å². The lowest BCUT2D eigenvalue weighted by Crippen LogP contribution is -2.21. The van der Waals surface area contributed by atoms with Crippen molar-refractivity contribution in [2.24, 2.45) is 0 Å². The average molecular weight is 207 g/mol. The standard InChI is InChI=1S/C8H17NO5/c1-9-8(11)14-7-6-13-5-4-12-3-2-10/h10H,2-7H2,1H3,(H,9,11). The van der Waals surface area contributed by atoms with Gasteiger partial charge in [-0.2, -0.15) is 0 Å². The number of ether oxygens (including phenoxy) is 3. The second-order valence-corrected chi connectivity index (χ2v) is 2.33. The Balaban J connectivity index is 2.95. The lowest BCUT2D eigenvalue weighted by Gasteiger charge is -2.05. The van der Waals surface area contributed by atoms with Crippen molar-refractivity contribution >= 4 is 6.09 Å². The van der Waals surface area contributed by atoms with Crippen molar-refractivity contribution in [3.63, 3.8) is 0 Å². The highest BCUT2D eigenvalue weighted by Gasteiger charge is 1.96. The lowest BCUT2D eigenvalue weighted by atomic mass is 10.7. The summed E-state index contributed by atoms with van der Waals surface area (Å²) in [5.41, 5.74) is 0. The third-order valence-electron chi connectivity index (χ3n) is 1.27. The first-order chi connectivity index (χ1) is 6.81. The highest BCUT2D eigenvalue weighted by atomic mass is 16.6. The van der Waals surface area contributed by atoms with Crippen LogP contribution in [0.3, 0.4) is 0 Å². The van der Waals surface area contributed by atoms with Gasteiger partial charge in [0.15, 0.2) is 0 Å². The van der Waals surface area contributed by atoms with Gasteiger partial charge < -0.3 is 24.6 Å². The van der Waals surface area contributed by atoms with Gasteiger partial charge in [-0.1, -0.05) is 0 Å². The molecule has 2 N–H and O–H groups in total. The fourth-order valence-corrected chi connectivity index (χ4v) is 0.652. The number of carbonyl (C=O) groups excluding carboxylic acids is 1. The van der Waals surface area contributed by atoms with Gasteiger partial charge in [-0.3, -0.25) is 0 Å². The Labute approximate surface area is 83.1 Å². The van der Waals surface area contributed by atoms with Gasteiger partial charge in [0.2, 0.25) is 0 Å². The molecule has 0 aliphatic carbocycles. The summed E-state index contributed by atoms with van der Waals surface area (Å²) >= 11 is 0.